The molecule has 0 amide bonds. The molecule has 2 aliphatic rings. The molecular weight excluding hydrogens is 450 g/mol. The van der Waals surface area contributed by atoms with Crippen molar-refractivity contribution in [3.05, 3.63) is 111 Å². The first-order valence-electron chi connectivity index (χ1n) is 12.2. The van der Waals surface area contributed by atoms with Crippen LogP contribution in [0.5, 0.6) is 0 Å². The van der Waals surface area contributed by atoms with E-state index in [4.69, 9.17) is 4.98 Å². The van der Waals surface area contributed by atoms with E-state index in [0.717, 1.165) is 62.9 Å². The maximum atomic E-state index is 11.0. The Kier molecular flexibility index (Phi) is 6.69. The van der Waals surface area contributed by atoms with Gasteiger partial charge < -0.3 is 4.57 Å². The molecule has 2 aliphatic heterocycles. The predicted molar refractivity (Wildman–Crippen MR) is 138 cm³/mol. The van der Waals surface area contributed by atoms with Crippen molar-refractivity contribution in [2.45, 2.75) is 46.6 Å². The normalized spacial score (nSPS) is 17.3. The van der Waals surface area contributed by atoms with Gasteiger partial charge in [0, 0.05) is 35.3 Å². The third-order valence-corrected chi connectivity index (χ3v) is 6.38. The minimum Gasteiger partial charge on any atom is -0.330 e. The molecule has 0 fully saturated rings. The molecule has 0 unspecified atom stereocenters. The maximum Gasteiger partial charge on any atom is 0.207 e. The molecule has 5 rings (SSSR count). The number of benzene rings is 2. The topological polar surface area (TPSA) is 90.7 Å². The van der Waals surface area contributed by atoms with Gasteiger partial charge in [0.2, 0.25) is 5.82 Å². The SMILES string of the molecule is CCCCc1nc(C)cn1Cc1ccc(=c2ccccc2=C2N=NN=N2)c(=C2C=CC=C(C)N2O)c1. The summed E-state index contributed by atoms with van der Waals surface area (Å²) >= 11 is 0. The van der Waals surface area contributed by atoms with Gasteiger partial charge in [0.1, 0.15) is 5.82 Å². The van der Waals surface area contributed by atoms with E-state index >= 15 is 0 Å². The number of nitrogens with zero attached hydrogens (tertiary/aromatic N) is 7. The van der Waals surface area contributed by atoms with E-state index in [9.17, 15) is 5.21 Å². The van der Waals surface area contributed by atoms with Gasteiger partial charge in [0.25, 0.3) is 0 Å². The lowest BCUT2D eigenvalue weighted by molar-refractivity contribution is 0.00901. The van der Waals surface area contributed by atoms with E-state index in [2.05, 4.69) is 56.6 Å². The lowest BCUT2D eigenvalue weighted by atomic mass is 10.0. The summed E-state index contributed by atoms with van der Waals surface area (Å²) in [6.07, 6.45) is 11.1. The Morgan fingerprint density at radius 2 is 1.67 bits per heavy atom. The van der Waals surface area contributed by atoms with Crippen LogP contribution in [0.2, 0.25) is 0 Å². The van der Waals surface area contributed by atoms with Crippen molar-refractivity contribution >= 4 is 11.5 Å². The first kappa shape index (κ1) is 23.6. The van der Waals surface area contributed by atoms with Gasteiger partial charge in [-0.05, 0) is 64.9 Å². The molecule has 1 aromatic heterocycles. The summed E-state index contributed by atoms with van der Waals surface area (Å²) in [6, 6.07) is 14.3. The number of rotatable bonds is 5. The summed E-state index contributed by atoms with van der Waals surface area (Å²) in [4.78, 5) is 4.75. The van der Waals surface area contributed by atoms with Crippen molar-refractivity contribution in [1.29, 1.82) is 0 Å². The van der Waals surface area contributed by atoms with Crippen LogP contribution in [-0.2, 0) is 13.0 Å². The van der Waals surface area contributed by atoms with Crippen molar-refractivity contribution in [3.63, 3.8) is 0 Å². The highest BCUT2D eigenvalue weighted by Gasteiger charge is 2.13. The fourth-order valence-corrected chi connectivity index (χ4v) is 4.58. The second-order valence-electron chi connectivity index (χ2n) is 9.02. The molecule has 1 N–H and O–H groups in total. The number of unbranched alkanes of at least 4 members (excludes halogenated alkanes) is 1. The van der Waals surface area contributed by atoms with Crippen LogP contribution in [0, 0.1) is 17.4 Å². The minimum absolute atomic E-state index is 0.469. The molecule has 2 aromatic carbocycles. The molecule has 3 aromatic rings. The highest BCUT2D eigenvalue weighted by Crippen LogP contribution is 2.17. The lowest BCUT2D eigenvalue weighted by Crippen LogP contribution is -2.25. The number of imidazole rings is 1. The highest BCUT2D eigenvalue weighted by atomic mass is 16.5. The largest absolute Gasteiger partial charge is 0.330 e. The number of hydrogen-bond acceptors (Lipinski definition) is 7. The van der Waals surface area contributed by atoms with Gasteiger partial charge in [-0.3, -0.25) is 5.21 Å². The van der Waals surface area contributed by atoms with E-state index < -0.39 is 0 Å². The van der Waals surface area contributed by atoms with Gasteiger partial charge in [-0.15, -0.1) is 10.2 Å². The average Bonchev–Trinajstić information content (AvgIpc) is 3.54. The number of hydroxylamine groups is 2. The zero-order chi connectivity index (χ0) is 25.1. The molecule has 0 saturated heterocycles. The Hall–Kier alpha value is -4.17. The Balaban J connectivity index is 1.78. The van der Waals surface area contributed by atoms with Crippen molar-refractivity contribution < 1.29 is 5.21 Å². The zero-order valence-electron chi connectivity index (χ0n) is 20.8. The molecular formula is C28H29N7O. The van der Waals surface area contributed by atoms with Gasteiger partial charge in [-0.2, -0.15) is 0 Å². The predicted octanol–water partition coefficient (Wildman–Crippen LogP) is 5.04. The van der Waals surface area contributed by atoms with Crippen LogP contribution in [0.15, 0.2) is 93.3 Å². The minimum atomic E-state index is 0.469. The molecule has 36 heavy (non-hydrogen) atoms. The average molecular weight is 480 g/mol. The van der Waals surface area contributed by atoms with Gasteiger partial charge in [0.15, 0.2) is 0 Å². The molecule has 0 bridgehead atoms. The lowest BCUT2D eigenvalue weighted by Gasteiger charge is -2.21. The van der Waals surface area contributed by atoms with Crippen molar-refractivity contribution in [2.75, 3.05) is 0 Å². The fourth-order valence-electron chi connectivity index (χ4n) is 4.58. The van der Waals surface area contributed by atoms with Crippen LogP contribution in [0.3, 0.4) is 0 Å². The summed E-state index contributed by atoms with van der Waals surface area (Å²) in [5.74, 6) is 1.57. The monoisotopic (exact) mass is 479 g/mol. The Bertz CT molecular complexity index is 1630. The van der Waals surface area contributed by atoms with Gasteiger partial charge >= 0.3 is 0 Å². The Labute approximate surface area is 209 Å². The molecule has 8 heteroatoms. The van der Waals surface area contributed by atoms with Crippen LogP contribution in [0.4, 0.5) is 0 Å². The number of aryl methyl sites for hydroxylation is 2. The molecule has 182 valence electrons. The summed E-state index contributed by atoms with van der Waals surface area (Å²) in [7, 11) is 0. The number of allylic oxidation sites excluding steroid dienone is 3. The standard InChI is InChI=1S/C28H29N7O/c1-4-5-13-27-29-19(2)17-34(27)18-21-14-15-23(25(16-21)26-12-8-9-20(3)35(26)36)22-10-6-7-11-24(22)28-30-32-33-31-28/h6-12,14-17,36H,4-5,13,18H2,1-3H3. The van der Waals surface area contributed by atoms with Gasteiger partial charge in [0.05, 0.1) is 11.4 Å². The van der Waals surface area contributed by atoms with Crippen molar-refractivity contribution in [1.82, 2.24) is 14.6 Å². The van der Waals surface area contributed by atoms with E-state index in [1.807, 2.05) is 56.3 Å². The molecule has 8 nitrogen and oxygen atoms in total. The number of hydrogen-bond donors (Lipinski definition) is 1. The summed E-state index contributed by atoms with van der Waals surface area (Å²) in [6.45, 7) is 6.81. The summed E-state index contributed by atoms with van der Waals surface area (Å²) in [5, 5.41) is 31.3. The summed E-state index contributed by atoms with van der Waals surface area (Å²) in [5.41, 5.74) is 3.60. The molecule has 3 heterocycles. The van der Waals surface area contributed by atoms with Crippen LogP contribution in [0.25, 0.3) is 11.5 Å². The maximum absolute atomic E-state index is 11.0. The smallest absolute Gasteiger partial charge is 0.207 e. The van der Waals surface area contributed by atoms with Crippen molar-refractivity contribution in [2.24, 2.45) is 20.7 Å². The van der Waals surface area contributed by atoms with Crippen LogP contribution < -0.4 is 10.4 Å². The first-order valence-corrected chi connectivity index (χ1v) is 12.2. The fraction of sp³-hybridized carbons (Fsp3) is 0.250. The van der Waals surface area contributed by atoms with E-state index in [1.54, 1.807) is 0 Å². The molecule has 0 aliphatic carbocycles. The van der Waals surface area contributed by atoms with E-state index in [-0.39, 0.29) is 0 Å². The highest BCUT2D eigenvalue weighted by molar-refractivity contribution is 5.59. The Morgan fingerprint density at radius 3 is 2.44 bits per heavy atom. The van der Waals surface area contributed by atoms with E-state index in [0.29, 0.717) is 18.1 Å². The van der Waals surface area contributed by atoms with Gasteiger partial charge in [-0.25, -0.2) is 10.0 Å². The molecule has 0 atom stereocenters. The van der Waals surface area contributed by atoms with Crippen LogP contribution >= 0.6 is 0 Å². The van der Waals surface area contributed by atoms with Crippen LogP contribution in [0.1, 0.15) is 43.8 Å². The number of aromatic nitrogens is 2. The van der Waals surface area contributed by atoms with Gasteiger partial charge in [-0.1, -0.05) is 55.8 Å². The van der Waals surface area contributed by atoms with E-state index in [1.165, 1.54) is 5.06 Å². The zero-order valence-corrected chi connectivity index (χ0v) is 20.8. The molecule has 0 spiro atoms. The summed E-state index contributed by atoms with van der Waals surface area (Å²) < 4.78 is 2.23. The Morgan fingerprint density at radius 1 is 0.917 bits per heavy atom. The van der Waals surface area contributed by atoms with Crippen LogP contribution in [-0.4, -0.2) is 19.8 Å². The van der Waals surface area contributed by atoms with Crippen molar-refractivity contribution in [3.8, 4) is 0 Å². The quantitative estimate of drug-likeness (QED) is 0.556. The molecule has 0 saturated carbocycles. The third-order valence-electron chi connectivity index (χ3n) is 6.38. The second kappa shape index (κ2) is 10.2. The first-order chi connectivity index (χ1) is 17.5. The molecule has 0 radical (unpaired) electrons. The second-order valence-corrected chi connectivity index (χ2v) is 9.02. The third kappa shape index (κ3) is 4.67.